The molecule has 1 aliphatic carbocycles. The number of likely N-dealkylation sites (tertiary alicyclic amines) is 1. The van der Waals surface area contributed by atoms with Gasteiger partial charge in [0.25, 0.3) is 0 Å². The van der Waals surface area contributed by atoms with Gasteiger partial charge in [-0.2, -0.15) is 0 Å². The Balaban J connectivity index is 1.87. The average Bonchev–Trinajstić information content (AvgIpc) is 2.14. The Morgan fingerprint density at radius 3 is 2.62 bits per heavy atom. The van der Waals surface area contributed by atoms with E-state index in [0.717, 1.165) is 24.4 Å². The maximum atomic E-state index is 6.20. The highest BCUT2D eigenvalue weighted by Crippen LogP contribution is 2.34. The van der Waals surface area contributed by atoms with E-state index in [2.05, 4.69) is 18.7 Å². The second-order valence-corrected chi connectivity index (χ2v) is 6.04. The second-order valence-electron chi connectivity index (χ2n) is 6.04. The Morgan fingerprint density at radius 1 is 1.31 bits per heavy atom. The molecule has 0 radical (unpaired) electrons. The Bertz CT molecular complexity index is 213. The first kappa shape index (κ1) is 12.4. The summed E-state index contributed by atoms with van der Waals surface area (Å²) in [5.74, 6) is 1.82. The van der Waals surface area contributed by atoms with Crippen LogP contribution in [0.15, 0.2) is 0 Å². The molecule has 0 aromatic heterocycles. The summed E-state index contributed by atoms with van der Waals surface area (Å²) in [5.41, 5.74) is 6.20. The molecule has 94 valence electrons. The lowest BCUT2D eigenvalue weighted by Crippen LogP contribution is -2.53. The van der Waals surface area contributed by atoms with Gasteiger partial charge in [-0.05, 0) is 44.4 Å². The van der Waals surface area contributed by atoms with E-state index in [1.165, 1.54) is 45.1 Å². The third kappa shape index (κ3) is 2.78. The minimum absolute atomic E-state index is 0.424. The van der Waals surface area contributed by atoms with Gasteiger partial charge in [-0.3, -0.25) is 4.90 Å². The van der Waals surface area contributed by atoms with Gasteiger partial charge in [-0.1, -0.05) is 19.8 Å². The average molecular weight is 224 g/mol. The molecule has 0 amide bonds. The van der Waals surface area contributed by atoms with Crippen LogP contribution in [0.4, 0.5) is 0 Å². The molecule has 1 heterocycles. The van der Waals surface area contributed by atoms with Crippen LogP contribution < -0.4 is 5.73 Å². The Morgan fingerprint density at radius 2 is 2.06 bits per heavy atom. The van der Waals surface area contributed by atoms with E-state index in [9.17, 15) is 0 Å². The molecule has 16 heavy (non-hydrogen) atoms. The molecule has 0 aromatic carbocycles. The Labute approximate surface area is 101 Å². The molecule has 2 rings (SSSR count). The highest BCUT2D eigenvalue weighted by molar-refractivity contribution is 4.88. The summed E-state index contributed by atoms with van der Waals surface area (Å²) in [6.45, 7) is 7.15. The molecule has 2 N–H and O–H groups in total. The molecule has 3 unspecified atom stereocenters. The highest BCUT2D eigenvalue weighted by atomic mass is 15.2. The predicted molar refractivity (Wildman–Crippen MR) is 69.4 cm³/mol. The summed E-state index contributed by atoms with van der Waals surface area (Å²) in [4.78, 5) is 2.68. The van der Waals surface area contributed by atoms with E-state index in [1.54, 1.807) is 0 Å². The molecule has 1 saturated heterocycles. The van der Waals surface area contributed by atoms with Gasteiger partial charge in [0.05, 0.1) is 0 Å². The molecule has 3 atom stereocenters. The zero-order valence-corrected chi connectivity index (χ0v) is 11.0. The van der Waals surface area contributed by atoms with Crippen molar-refractivity contribution in [2.45, 2.75) is 64.5 Å². The first-order chi connectivity index (χ1) is 7.70. The summed E-state index contributed by atoms with van der Waals surface area (Å²) < 4.78 is 0. The number of nitrogens with zero attached hydrogens (tertiary/aromatic N) is 1. The van der Waals surface area contributed by atoms with Gasteiger partial charge in [-0.25, -0.2) is 0 Å². The normalized spacial score (nSPS) is 34.7. The van der Waals surface area contributed by atoms with Gasteiger partial charge in [0.1, 0.15) is 0 Å². The van der Waals surface area contributed by atoms with Gasteiger partial charge in [-0.15, -0.1) is 0 Å². The lowest BCUT2D eigenvalue weighted by atomic mass is 9.78. The van der Waals surface area contributed by atoms with E-state index in [0.29, 0.717) is 6.04 Å². The quantitative estimate of drug-likeness (QED) is 0.795. The Kier molecular flexibility index (Phi) is 4.26. The zero-order valence-electron chi connectivity index (χ0n) is 11.0. The van der Waals surface area contributed by atoms with Gasteiger partial charge in [0.2, 0.25) is 0 Å². The van der Waals surface area contributed by atoms with Crippen LogP contribution in [0.3, 0.4) is 0 Å². The fourth-order valence-electron chi connectivity index (χ4n) is 3.45. The van der Waals surface area contributed by atoms with Crippen LogP contribution in [-0.4, -0.2) is 30.1 Å². The minimum Gasteiger partial charge on any atom is -0.327 e. The zero-order chi connectivity index (χ0) is 11.5. The fourth-order valence-corrected chi connectivity index (χ4v) is 3.45. The third-order valence-electron chi connectivity index (χ3n) is 4.70. The van der Waals surface area contributed by atoms with Crippen molar-refractivity contribution in [1.29, 1.82) is 0 Å². The fraction of sp³-hybridized carbons (Fsp3) is 1.00. The van der Waals surface area contributed by atoms with Crippen LogP contribution >= 0.6 is 0 Å². The predicted octanol–water partition coefficient (Wildman–Crippen LogP) is 2.62. The van der Waals surface area contributed by atoms with E-state index < -0.39 is 0 Å². The number of hydrogen-bond acceptors (Lipinski definition) is 2. The lowest BCUT2D eigenvalue weighted by molar-refractivity contribution is 0.0564. The van der Waals surface area contributed by atoms with E-state index in [4.69, 9.17) is 5.73 Å². The molecule has 2 heteroatoms. The number of hydrogen-bond donors (Lipinski definition) is 1. The topological polar surface area (TPSA) is 29.3 Å². The smallest absolute Gasteiger partial charge is 0.0171 e. The van der Waals surface area contributed by atoms with Gasteiger partial charge < -0.3 is 5.73 Å². The summed E-state index contributed by atoms with van der Waals surface area (Å²) in [6, 6.07) is 1.20. The van der Waals surface area contributed by atoms with E-state index >= 15 is 0 Å². The van der Waals surface area contributed by atoms with E-state index in [1.807, 2.05) is 0 Å². The first-order valence-corrected chi connectivity index (χ1v) is 7.20. The maximum Gasteiger partial charge on any atom is 0.0171 e. The molecule has 0 spiro atoms. The Hall–Kier alpha value is -0.0800. The van der Waals surface area contributed by atoms with Crippen molar-refractivity contribution in [3.63, 3.8) is 0 Å². The molecule has 1 saturated carbocycles. The van der Waals surface area contributed by atoms with Crippen molar-refractivity contribution in [2.75, 3.05) is 13.1 Å². The SMILES string of the molecule is CCCC1CC(N)CN(C(C)C2CCC2)C1. The van der Waals surface area contributed by atoms with Crippen molar-refractivity contribution in [1.82, 2.24) is 4.90 Å². The van der Waals surface area contributed by atoms with Crippen molar-refractivity contribution in [3.8, 4) is 0 Å². The first-order valence-electron chi connectivity index (χ1n) is 7.20. The van der Waals surface area contributed by atoms with Crippen LogP contribution in [-0.2, 0) is 0 Å². The van der Waals surface area contributed by atoms with Gasteiger partial charge in [0, 0.05) is 25.2 Å². The summed E-state index contributed by atoms with van der Waals surface area (Å²) in [7, 11) is 0. The van der Waals surface area contributed by atoms with Crippen molar-refractivity contribution in [2.24, 2.45) is 17.6 Å². The summed E-state index contributed by atoms with van der Waals surface area (Å²) in [6.07, 6.45) is 8.27. The number of rotatable bonds is 4. The van der Waals surface area contributed by atoms with Crippen LogP contribution in [0.1, 0.15) is 52.4 Å². The van der Waals surface area contributed by atoms with Crippen molar-refractivity contribution >= 4 is 0 Å². The molecule has 2 aliphatic rings. The molecule has 0 aromatic rings. The highest BCUT2D eigenvalue weighted by Gasteiger charge is 2.33. The molecule has 0 bridgehead atoms. The lowest BCUT2D eigenvalue weighted by Gasteiger charge is -2.45. The largest absolute Gasteiger partial charge is 0.327 e. The van der Waals surface area contributed by atoms with Crippen LogP contribution in [0.25, 0.3) is 0 Å². The molecule has 2 fully saturated rings. The minimum atomic E-state index is 0.424. The van der Waals surface area contributed by atoms with Crippen LogP contribution in [0, 0.1) is 11.8 Å². The maximum absolute atomic E-state index is 6.20. The van der Waals surface area contributed by atoms with E-state index in [-0.39, 0.29) is 0 Å². The summed E-state index contributed by atoms with van der Waals surface area (Å²) >= 11 is 0. The monoisotopic (exact) mass is 224 g/mol. The number of piperidine rings is 1. The molecule has 1 aliphatic heterocycles. The molecular formula is C14H28N2. The second kappa shape index (κ2) is 5.50. The van der Waals surface area contributed by atoms with Gasteiger partial charge in [0.15, 0.2) is 0 Å². The summed E-state index contributed by atoms with van der Waals surface area (Å²) in [5, 5.41) is 0. The van der Waals surface area contributed by atoms with Gasteiger partial charge >= 0.3 is 0 Å². The van der Waals surface area contributed by atoms with Crippen LogP contribution in [0.2, 0.25) is 0 Å². The third-order valence-corrected chi connectivity index (χ3v) is 4.70. The van der Waals surface area contributed by atoms with Crippen molar-refractivity contribution in [3.05, 3.63) is 0 Å². The van der Waals surface area contributed by atoms with Crippen LogP contribution in [0.5, 0.6) is 0 Å². The number of nitrogens with two attached hydrogens (primary N) is 1. The standard InChI is InChI=1S/C14H28N2/c1-3-5-12-8-14(15)10-16(9-12)11(2)13-6-4-7-13/h11-14H,3-10,15H2,1-2H3. The van der Waals surface area contributed by atoms with Crippen molar-refractivity contribution < 1.29 is 0 Å². The molecular weight excluding hydrogens is 196 g/mol. The molecule has 2 nitrogen and oxygen atoms in total.